The fourth-order valence-corrected chi connectivity index (χ4v) is 2.82. The van der Waals surface area contributed by atoms with Gasteiger partial charge in [0.15, 0.2) is 5.11 Å². The summed E-state index contributed by atoms with van der Waals surface area (Å²) in [7, 11) is 3.19. The highest BCUT2D eigenvalue weighted by Gasteiger charge is 2.14. The third-order valence-electron chi connectivity index (χ3n) is 4.10. The minimum Gasteiger partial charge on any atom is -0.490 e. The number of anilines is 1. The molecular weight excluding hydrogens is 418 g/mol. The molecule has 2 aromatic rings. The maximum Gasteiger partial charge on any atom is 0.261 e. The summed E-state index contributed by atoms with van der Waals surface area (Å²) in [5, 5.41) is 8.48. The van der Waals surface area contributed by atoms with E-state index in [9.17, 15) is 9.59 Å². The molecule has 31 heavy (non-hydrogen) atoms. The van der Waals surface area contributed by atoms with Crippen LogP contribution in [0.15, 0.2) is 48.5 Å². The molecule has 0 radical (unpaired) electrons. The second kappa shape index (κ2) is 13.3. The molecule has 3 N–H and O–H groups in total. The molecule has 0 aliphatic heterocycles. The first-order chi connectivity index (χ1) is 15.0. The minimum absolute atomic E-state index is 0.106. The third kappa shape index (κ3) is 8.33. The van der Waals surface area contributed by atoms with E-state index in [-0.39, 0.29) is 11.0 Å². The van der Waals surface area contributed by atoms with E-state index in [0.29, 0.717) is 48.9 Å². The van der Waals surface area contributed by atoms with Crippen LogP contribution in [0.2, 0.25) is 0 Å². The molecule has 0 atom stereocenters. The van der Waals surface area contributed by atoms with Gasteiger partial charge in [-0.15, -0.1) is 0 Å². The molecule has 0 saturated carbocycles. The summed E-state index contributed by atoms with van der Waals surface area (Å²) in [4.78, 5) is 24.9. The average Bonchev–Trinajstić information content (AvgIpc) is 2.77. The number of ether oxygens (including phenoxy) is 3. The number of rotatable bonds is 11. The van der Waals surface area contributed by atoms with Crippen molar-refractivity contribution in [2.75, 3.05) is 45.9 Å². The number of carbonyl (C=O) groups excluding carboxylic acids is 2. The highest BCUT2D eigenvalue weighted by Crippen LogP contribution is 2.18. The molecular formula is C22H27N3O5S. The highest BCUT2D eigenvalue weighted by atomic mass is 32.1. The van der Waals surface area contributed by atoms with E-state index >= 15 is 0 Å². The van der Waals surface area contributed by atoms with Crippen LogP contribution in [-0.4, -0.2) is 57.5 Å². The van der Waals surface area contributed by atoms with Gasteiger partial charge in [-0.3, -0.25) is 14.9 Å². The lowest BCUT2D eigenvalue weighted by atomic mass is 10.2. The van der Waals surface area contributed by atoms with E-state index in [1.165, 1.54) is 0 Å². The Morgan fingerprint density at radius 2 is 1.71 bits per heavy atom. The second-order valence-electron chi connectivity index (χ2n) is 6.43. The third-order valence-corrected chi connectivity index (χ3v) is 4.30. The maximum absolute atomic E-state index is 12.6. The number of methoxy groups -OCH3 is 2. The topological polar surface area (TPSA) is 97.9 Å². The first kappa shape index (κ1) is 24.3. The van der Waals surface area contributed by atoms with Gasteiger partial charge < -0.3 is 24.8 Å². The number of hydrogen-bond donors (Lipinski definition) is 3. The Balaban J connectivity index is 1.94. The predicted octanol–water partition coefficient (Wildman–Crippen LogP) is 2.60. The lowest BCUT2D eigenvalue weighted by molar-refractivity contribution is 0.0945. The zero-order valence-electron chi connectivity index (χ0n) is 17.6. The minimum atomic E-state index is -0.405. The fraction of sp³-hybridized carbons (Fsp3) is 0.318. The molecule has 8 nitrogen and oxygen atoms in total. The summed E-state index contributed by atoms with van der Waals surface area (Å²) >= 11 is 5.25. The van der Waals surface area contributed by atoms with E-state index in [4.69, 9.17) is 26.4 Å². The Kier molecular flexibility index (Phi) is 10.4. The van der Waals surface area contributed by atoms with Gasteiger partial charge in [-0.1, -0.05) is 18.2 Å². The predicted molar refractivity (Wildman–Crippen MR) is 123 cm³/mol. The van der Waals surface area contributed by atoms with Crippen molar-refractivity contribution in [3.63, 3.8) is 0 Å². The molecule has 2 aromatic carbocycles. The van der Waals surface area contributed by atoms with Gasteiger partial charge in [-0.2, -0.15) is 0 Å². The highest BCUT2D eigenvalue weighted by molar-refractivity contribution is 7.80. The lowest BCUT2D eigenvalue weighted by Crippen LogP contribution is -2.34. The number of para-hydroxylation sites is 1. The van der Waals surface area contributed by atoms with Gasteiger partial charge in [-0.05, 0) is 49.0 Å². The Hall–Kier alpha value is -3.01. The summed E-state index contributed by atoms with van der Waals surface area (Å²) in [5.74, 6) is -0.165. The van der Waals surface area contributed by atoms with Crippen molar-refractivity contribution in [2.45, 2.75) is 6.42 Å². The second-order valence-corrected chi connectivity index (χ2v) is 6.84. The Labute approximate surface area is 187 Å². The number of benzene rings is 2. The Morgan fingerprint density at radius 1 is 0.935 bits per heavy atom. The van der Waals surface area contributed by atoms with Gasteiger partial charge in [0.1, 0.15) is 12.4 Å². The molecule has 0 saturated heterocycles. The van der Waals surface area contributed by atoms with Crippen LogP contribution in [-0.2, 0) is 9.47 Å². The number of nitrogens with one attached hydrogen (secondary N) is 3. The summed E-state index contributed by atoms with van der Waals surface area (Å²) in [6, 6.07) is 13.7. The van der Waals surface area contributed by atoms with Crippen LogP contribution in [0.3, 0.4) is 0 Å². The Morgan fingerprint density at radius 3 is 2.48 bits per heavy atom. The van der Waals surface area contributed by atoms with E-state index in [2.05, 4.69) is 16.0 Å². The number of hydrogen-bond acceptors (Lipinski definition) is 6. The van der Waals surface area contributed by atoms with Gasteiger partial charge >= 0.3 is 0 Å². The monoisotopic (exact) mass is 445 g/mol. The largest absolute Gasteiger partial charge is 0.490 e. The first-order valence-electron chi connectivity index (χ1n) is 9.75. The zero-order chi connectivity index (χ0) is 22.5. The maximum atomic E-state index is 12.6. The van der Waals surface area contributed by atoms with E-state index < -0.39 is 5.91 Å². The summed E-state index contributed by atoms with van der Waals surface area (Å²) in [5.41, 5.74) is 1.42. The molecule has 2 rings (SSSR count). The smallest absolute Gasteiger partial charge is 0.261 e. The van der Waals surface area contributed by atoms with Crippen molar-refractivity contribution >= 4 is 34.8 Å². The van der Waals surface area contributed by atoms with Crippen molar-refractivity contribution in [1.82, 2.24) is 10.6 Å². The molecule has 2 amide bonds. The van der Waals surface area contributed by atoms with Crippen molar-refractivity contribution in [3.8, 4) is 5.75 Å². The zero-order valence-corrected chi connectivity index (χ0v) is 18.4. The molecule has 9 heteroatoms. The quantitative estimate of drug-likeness (QED) is 0.361. The number of amides is 2. The summed E-state index contributed by atoms with van der Waals surface area (Å²) < 4.78 is 15.5. The Bertz CT molecular complexity index is 891. The summed E-state index contributed by atoms with van der Waals surface area (Å²) in [6.07, 6.45) is 0.729. The van der Waals surface area contributed by atoms with Crippen LogP contribution in [0.5, 0.6) is 5.75 Å². The molecule has 0 aliphatic rings. The normalized spacial score (nSPS) is 10.3. The van der Waals surface area contributed by atoms with Crippen LogP contribution in [0.1, 0.15) is 27.1 Å². The first-order valence-corrected chi connectivity index (χ1v) is 10.2. The van der Waals surface area contributed by atoms with Crippen LogP contribution >= 0.6 is 12.2 Å². The molecule has 0 unspecified atom stereocenters. The SMILES string of the molecule is COCCCNC(=O)c1cccc(NC(=S)NC(=O)c2ccccc2OCCOC)c1. The average molecular weight is 446 g/mol. The van der Waals surface area contributed by atoms with Gasteiger partial charge in [0.25, 0.3) is 11.8 Å². The number of carbonyl (C=O) groups is 2. The molecule has 0 fully saturated rings. The van der Waals surface area contributed by atoms with Gasteiger partial charge in [0.2, 0.25) is 0 Å². The van der Waals surface area contributed by atoms with Gasteiger partial charge in [0, 0.05) is 38.6 Å². The fourth-order valence-electron chi connectivity index (χ4n) is 2.61. The van der Waals surface area contributed by atoms with Crippen LogP contribution in [0.4, 0.5) is 5.69 Å². The lowest BCUT2D eigenvalue weighted by Gasteiger charge is -2.13. The van der Waals surface area contributed by atoms with Gasteiger partial charge in [0.05, 0.1) is 12.2 Å². The van der Waals surface area contributed by atoms with E-state index in [0.717, 1.165) is 6.42 Å². The summed E-state index contributed by atoms with van der Waals surface area (Å²) in [6.45, 7) is 1.83. The van der Waals surface area contributed by atoms with E-state index in [1.54, 1.807) is 62.8 Å². The van der Waals surface area contributed by atoms with Crippen LogP contribution in [0, 0.1) is 0 Å². The van der Waals surface area contributed by atoms with Crippen molar-refractivity contribution in [3.05, 3.63) is 59.7 Å². The standard InChI is InChI=1S/C22H27N3O5S/c1-28-12-6-11-23-20(26)16-7-5-8-17(15-16)24-22(31)25-21(27)18-9-3-4-10-19(18)30-14-13-29-2/h3-5,7-10,15H,6,11-14H2,1-2H3,(H,23,26)(H2,24,25,27,31). The van der Waals surface area contributed by atoms with Crippen LogP contribution in [0.25, 0.3) is 0 Å². The molecule has 0 aliphatic carbocycles. The van der Waals surface area contributed by atoms with E-state index in [1.807, 2.05) is 0 Å². The molecule has 0 heterocycles. The molecule has 0 aromatic heterocycles. The molecule has 0 spiro atoms. The van der Waals surface area contributed by atoms with Crippen molar-refractivity contribution in [2.24, 2.45) is 0 Å². The molecule has 166 valence electrons. The van der Waals surface area contributed by atoms with Crippen molar-refractivity contribution < 1.29 is 23.8 Å². The van der Waals surface area contributed by atoms with Crippen LogP contribution < -0.4 is 20.7 Å². The van der Waals surface area contributed by atoms with Crippen molar-refractivity contribution in [1.29, 1.82) is 0 Å². The number of thiocarbonyl (C=S) groups is 1. The molecule has 0 bridgehead atoms. The van der Waals surface area contributed by atoms with Gasteiger partial charge in [-0.25, -0.2) is 0 Å².